The standard InChI is InChI=1S/C12H19N3O4/c13-11(18)9-2-4-15(7-9)12(19)14-3-1-8(6-14)5-10(16)17/h8-9H,1-7H2,(H2,13,18)(H,16,17). The number of rotatable bonds is 3. The number of likely N-dealkylation sites (tertiary alicyclic amines) is 2. The van der Waals surface area contributed by atoms with E-state index in [0.29, 0.717) is 32.6 Å². The van der Waals surface area contributed by atoms with Gasteiger partial charge in [-0.3, -0.25) is 9.59 Å². The van der Waals surface area contributed by atoms with Crippen LogP contribution in [0.15, 0.2) is 0 Å². The summed E-state index contributed by atoms with van der Waals surface area (Å²) in [5.74, 6) is -1.40. The molecule has 106 valence electrons. The first-order valence-corrected chi connectivity index (χ1v) is 6.52. The summed E-state index contributed by atoms with van der Waals surface area (Å²) in [5.41, 5.74) is 5.23. The van der Waals surface area contributed by atoms with Crippen LogP contribution in [-0.4, -0.2) is 59.0 Å². The van der Waals surface area contributed by atoms with Gasteiger partial charge in [-0.25, -0.2) is 4.79 Å². The molecule has 7 heteroatoms. The van der Waals surface area contributed by atoms with Crippen LogP contribution in [0.2, 0.25) is 0 Å². The predicted molar refractivity (Wildman–Crippen MR) is 66.2 cm³/mol. The van der Waals surface area contributed by atoms with Gasteiger partial charge in [-0.2, -0.15) is 0 Å². The second kappa shape index (κ2) is 5.46. The zero-order chi connectivity index (χ0) is 14.0. The lowest BCUT2D eigenvalue weighted by Gasteiger charge is -2.24. The Balaban J connectivity index is 1.85. The number of urea groups is 1. The molecule has 3 N–H and O–H groups in total. The van der Waals surface area contributed by atoms with E-state index in [2.05, 4.69) is 0 Å². The number of hydrogen-bond donors (Lipinski definition) is 2. The molecule has 2 unspecified atom stereocenters. The Labute approximate surface area is 111 Å². The maximum atomic E-state index is 12.2. The van der Waals surface area contributed by atoms with Gasteiger partial charge in [0.1, 0.15) is 0 Å². The quantitative estimate of drug-likeness (QED) is 0.734. The lowest BCUT2D eigenvalue weighted by atomic mass is 10.1. The average Bonchev–Trinajstić information content (AvgIpc) is 2.95. The van der Waals surface area contributed by atoms with E-state index in [1.54, 1.807) is 9.80 Å². The zero-order valence-corrected chi connectivity index (χ0v) is 10.7. The number of carbonyl (C=O) groups is 3. The molecule has 0 aromatic heterocycles. The van der Waals surface area contributed by atoms with Crippen molar-refractivity contribution in [1.29, 1.82) is 0 Å². The monoisotopic (exact) mass is 269 g/mol. The zero-order valence-electron chi connectivity index (χ0n) is 10.7. The summed E-state index contributed by atoms with van der Waals surface area (Å²) in [6.07, 6.45) is 1.45. The van der Waals surface area contributed by atoms with Crippen molar-refractivity contribution in [2.24, 2.45) is 17.6 Å². The Bertz CT molecular complexity index is 398. The lowest BCUT2D eigenvalue weighted by Crippen LogP contribution is -2.41. The number of aliphatic carboxylic acids is 1. The van der Waals surface area contributed by atoms with E-state index < -0.39 is 5.97 Å². The second-order valence-corrected chi connectivity index (χ2v) is 5.32. The molecule has 2 atom stereocenters. The van der Waals surface area contributed by atoms with Crippen LogP contribution in [0.3, 0.4) is 0 Å². The van der Waals surface area contributed by atoms with E-state index >= 15 is 0 Å². The fourth-order valence-electron chi connectivity index (χ4n) is 2.79. The molecule has 0 aliphatic carbocycles. The first kappa shape index (κ1) is 13.6. The lowest BCUT2D eigenvalue weighted by molar-refractivity contribution is -0.138. The van der Waals surface area contributed by atoms with Crippen LogP contribution in [0.4, 0.5) is 4.79 Å². The van der Waals surface area contributed by atoms with Gasteiger partial charge in [0, 0.05) is 32.6 Å². The SMILES string of the molecule is NC(=O)C1CCN(C(=O)N2CCC(CC(=O)O)C2)C1. The molecule has 2 heterocycles. The van der Waals surface area contributed by atoms with Crippen LogP contribution in [0.1, 0.15) is 19.3 Å². The van der Waals surface area contributed by atoms with Crippen molar-refractivity contribution in [3.05, 3.63) is 0 Å². The number of carbonyl (C=O) groups excluding carboxylic acids is 2. The molecule has 7 nitrogen and oxygen atoms in total. The van der Waals surface area contributed by atoms with Crippen molar-refractivity contribution in [2.75, 3.05) is 26.2 Å². The maximum absolute atomic E-state index is 12.2. The molecule has 2 saturated heterocycles. The second-order valence-electron chi connectivity index (χ2n) is 5.32. The van der Waals surface area contributed by atoms with E-state index in [0.717, 1.165) is 6.42 Å². The Morgan fingerprint density at radius 3 is 2.32 bits per heavy atom. The molecular weight excluding hydrogens is 250 g/mol. The van der Waals surface area contributed by atoms with Gasteiger partial charge in [0.15, 0.2) is 0 Å². The molecule has 19 heavy (non-hydrogen) atoms. The van der Waals surface area contributed by atoms with Crippen LogP contribution in [-0.2, 0) is 9.59 Å². The van der Waals surface area contributed by atoms with Crippen LogP contribution in [0, 0.1) is 11.8 Å². The maximum Gasteiger partial charge on any atom is 0.320 e. The minimum atomic E-state index is -0.825. The third kappa shape index (κ3) is 3.15. The average molecular weight is 269 g/mol. The van der Waals surface area contributed by atoms with Gasteiger partial charge >= 0.3 is 12.0 Å². The summed E-state index contributed by atoms with van der Waals surface area (Å²) < 4.78 is 0. The number of primary amides is 1. The third-order valence-corrected chi connectivity index (χ3v) is 3.88. The summed E-state index contributed by atoms with van der Waals surface area (Å²) in [5, 5.41) is 8.74. The number of nitrogens with zero attached hydrogens (tertiary/aromatic N) is 2. The molecule has 2 rings (SSSR count). The van der Waals surface area contributed by atoms with Gasteiger partial charge in [0.05, 0.1) is 5.92 Å². The molecule has 0 spiro atoms. The van der Waals surface area contributed by atoms with Crippen molar-refractivity contribution < 1.29 is 19.5 Å². The smallest absolute Gasteiger partial charge is 0.320 e. The topological polar surface area (TPSA) is 104 Å². The summed E-state index contributed by atoms with van der Waals surface area (Å²) >= 11 is 0. The molecule has 0 bridgehead atoms. The van der Waals surface area contributed by atoms with Crippen LogP contribution in [0.5, 0.6) is 0 Å². The number of amides is 3. The van der Waals surface area contributed by atoms with Gasteiger partial charge in [-0.1, -0.05) is 0 Å². The minimum absolute atomic E-state index is 0.0380. The van der Waals surface area contributed by atoms with Crippen molar-refractivity contribution >= 4 is 17.9 Å². The number of hydrogen-bond acceptors (Lipinski definition) is 3. The molecule has 2 aliphatic heterocycles. The Morgan fingerprint density at radius 1 is 1.11 bits per heavy atom. The number of carboxylic acid groups (broad SMARTS) is 1. The number of carboxylic acids is 1. The largest absolute Gasteiger partial charge is 0.481 e. The first-order valence-electron chi connectivity index (χ1n) is 6.52. The predicted octanol–water partition coefficient (Wildman–Crippen LogP) is -0.290. The normalized spacial score (nSPS) is 26.7. The summed E-state index contributed by atoms with van der Waals surface area (Å²) in [7, 11) is 0. The van der Waals surface area contributed by atoms with Gasteiger partial charge in [0.2, 0.25) is 5.91 Å². The Kier molecular flexibility index (Phi) is 3.92. The van der Waals surface area contributed by atoms with E-state index in [-0.39, 0.29) is 30.2 Å². The fourth-order valence-corrected chi connectivity index (χ4v) is 2.79. The highest BCUT2D eigenvalue weighted by molar-refractivity contribution is 5.80. The van der Waals surface area contributed by atoms with Crippen molar-refractivity contribution in [2.45, 2.75) is 19.3 Å². The van der Waals surface area contributed by atoms with E-state index in [4.69, 9.17) is 10.8 Å². The van der Waals surface area contributed by atoms with Crippen molar-refractivity contribution in [3.63, 3.8) is 0 Å². The van der Waals surface area contributed by atoms with Crippen molar-refractivity contribution in [3.8, 4) is 0 Å². The van der Waals surface area contributed by atoms with Gasteiger partial charge in [-0.05, 0) is 18.8 Å². The van der Waals surface area contributed by atoms with Gasteiger partial charge in [0.25, 0.3) is 0 Å². The molecule has 0 saturated carbocycles. The van der Waals surface area contributed by atoms with E-state index in [9.17, 15) is 14.4 Å². The summed E-state index contributed by atoms with van der Waals surface area (Å²) in [4.78, 5) is 37.2. The molecular formula is C12H19N3O4. The van der Waals surface area contributed by atoms with Gasteiger partial charge in [-0.15, -0.1) is 0 Å². The number of nitrogens with two attached hydrogens (primary N) is 1. The molecule has 0 radical (unpaired) electrons. The van der Waals surface area contributed by atoms with Crippen molar-refractivity contribution in [1.82, 2.24) is 9.80 Å². The van der Waals surface area contributed by atoms with Gasteiger partial charge < -0.3 is 20.6 Å². The summed E-state index contributed by atoms with van der Waals surface area (Å²) in [6, 6.07) is -0.100. The highest BCUT2D eigenvalue weighted by Gasteiger charge is 2.35. The van der Waals surface area contributed by atoms with Crippen LogP contribution >= 0.6 is 0 Å². The summed E-state index contributed by atoms with van der Waals surface area (Å²) in [6.45, 7) is 2.01. The van der Waals surface area contributed by atoms with E-state index in [1.807, 2.05) is 0 Å². The fraction of sp³-hybridized carbons (Fsp3) is 0.750. The third-order valence-electron chi connectivity index (χ3n) is 3.88. The van der Waals surface area contributed by atoms with Crippen LogP contribution in [0.25, 0.3) is 0 Å². The molecule has 0 aromatic rings. The molecule has 0 aromatic carbocycles. The van der Waals surface area contributed by atoms with E-state index in [1.165, 1.54) is 0 Å². The van der Waals surface area contributed by atoms with Crippen LogP contribution < -0.4 is 5.73 Å². The highest BCUT2D eigenvalue weighted by Crippen LogP contribution is 2.23. The molecule has 2 fully saturated rings. The molecule has 3 amide bonds. The Hall–Kier alpha value is -1.79. The highest BCUT2D eigenvalue weighted by atomic mass is 16.4. The minimum Gasteiger partial charge on any atom is -0.481 e. The Morgan fingerprint density at radius 2 is 1.74 bits per heavy atom. The first-order chi connectivity index (χ1) is 8.97. The molecule has 2 aliphatic rings.